The normalized spacial score (nSPS) is 14.1. The van der Waals surface area contributed by atoms with E-state index >= 15 is 0 Å². The molecule has 0 unspecified atom stereocenters. The van der Waals surface area contributed by atoms with Crippen LogP contribution in [0.2, 0.25) is 0 Å². The topological polar surface area (TPSA) is 57.3 Å². The molecule has 0 saturated carbocycles. The summed E-state index contributed by atoms with van der Waals surface area (Å²) in [6.07, 6.45) is 3.69. The molecule has 2 amide bonds. The highest BCUT2D eigenvalue weighted by atomic mass is 79.9. The van der Waals surface area contributed by atoms with E-state index in [9.17, 15) is 9.18 Å². The Balaban J connectivity index is 1.52. The zero-order chi connectivity index (χ0) is 20.4. The number of urea groups is 1. The molecular formula is C22H22BrFN4O. The molecule has 5 nitrogen and oxygen atoms in total. The third-order valence-corrected chi connectivity index (χ3v) is 5.61. The summed E-state index contributed by atoms with van der Waals surface area (Å²) in [7, 11) is 0. The predicted octanol–water partition coefficient (Wildman–Crippen LogP) is 6.08. The number of aryl methyl sites for hydroxylation is 1. The zero-order valence-electron chi connectivity index (χ0n) is 16.1. The van der Waals surface area contributed by atoms with E-state index in [0.717, 1.165) is 35.4 Å². The average molecular weight is 457 g/mol. The Labute approximate surface area is 177 Å². The maximum absolute atomic E-state index is 13.9. The summed E-state index contributed by atoms with van der Waals surface area (Å²) in [6, 6.07) is 11.7. The van der Waals surface area contributed by atoms with Gasteiger partial charge in [0.2, 0.25) is 0 Å². The van der Waals surface area contributed by atoms with Crippen LogP contribution in [0.15, 0.2) is 46.9 Å². The summed E-state index contributed by atoms with van der Waals surface area (Å²) in [5, 5.41) is 6.28. The van der Waals surface area contributed by atoms with E-state index in [2.05, 4.69) is 44.5 Å². The van der Waals surface area contributed by atoms with Gasteiger partial charge in [-0.3, -0.25) is 0 Å². The number of rotatable bonds is 3. The third kappa shape index (κ3) is 4.50. The van der Waals surface area contributed by atoms with Crippen molar-refractivity contribution in [2.75, 3.05) is 28.6 Å². The number of halogens is 2. The van der Waals surface area contributed by atoms with Crippen LogP contribution < -0.4 is 15.5 Å². The summed E-state index contributed by atoms with van der Waals surface area (Å²) in [5.41, 5.74) is 2.76. The number of nitrogens with one attached hydrogen (secondary N) is 2. The molecule has 3 aromatic rings. The summed E-state index contributed by atoms with van der Waals surface area (Å²) < 4.78 is 14.5. The fraction of sp³-hybridized carbons (Fsp3) is 0.273. The Morgan fingerprint density at radius 2 is 1.86 bits per heavy atom. The van der Waals surface area contributed by atoms with Crippen molar-refractivity contribution in [1.29, 1.82) is 0 Å². The standard InChI is InChI=1S/C22H22BrFN4O/c1-14-11-21(28-9-3-2-4-10-28)26-19-8-6-16(13-17(14)19)25-22(29)27-20-7-5-15(23)12-18(20)24/h5-8,11-13H,2-4,9-10H2,1H3,(H2,25,27,29). The molecule has 29 heavy (non-hydrogen) atoms. The number of piperidine rings is 1. The lowest BCUT2D eigenvalue weighted by molar-refractivity contribution is 0.262. The third-order valence-electron chi connectivity index (χ3n) is 5.12. The van der Waals surface area contributed by atoms with Crippen molar-refractivity contribution in [3.8, 4) is 0 Å². The Kier molecular flexibility index (Phi) is 5.67. The Morgan fingerprint density at radius 3 is 2.62 bits per heavy atom. The highest BCUT2D eigenvalue weighted by Crippen LogP contribution is 2.27. The zero-order valence-corrected chi connectivity index (χ0v) is 17.7. The molecule has 4 rings (SSSR count). The van der Waals surface area contributed by atoms with Gasteiger partial charge in [0.05, 0.1) is 11.2 Å². The van der Waals surface area contributed by atoms with Gasteiger partial charge in [0, 0.05) is 28.6 Å². The molecule has 150 valence electrons. The number of pyridine rings is 1. The number of amides is 2. The maximum Gasteiger partial charge on any atom is 0.323 e. The molecule has 1 aliphatic rings. The lowest BCUT2D eigenvalue weighted by Gasteiger charge is -2.28. The van der Waals surface area contributed by atoms with Crippen LogP contribution in [-0.4, -0.2) is 24.1 Å². The second kappa shape index (κ2) is 8.37. The molecule has 7 heteroatoms. The Hall–Kier alpha value is -2.67. The second-order valence-corrected chi connectivity index (χ2v) is 8.20. The van der Waals surface area contributed by atoms with E-state index in [4.69, 9.17) is 4.98 Å². The van der Waals surface area contributed by atoms with Crippen molar-refractivity contribution in [2.24, 2.45) is 0 Å². The summed E-state index contributed by atoms with van der Waals surface area (Å²) in [5.74, 6) is 0.511. The number of anilines is 3. The highest BCUT2D eigenvalue weighted by Gasteiger charge is 2.14. The molecule has 1 fully saturated rings. The molecule has 0 bridgehead atoms. The maximum atomic E-state index is 13.9. The molecule has 2 N–H and O–H groups in total. The predicted molar refractivity (Wildman–Crippen MR) is 119 cm³/mol. The van der Waals surface area contributed by atoms with Crippen LogP contribution in [-0.2, 0) is 0 Å². The molecule has 1 saturated heterocycles. The first-order valence-corrected chi connectivity index (χ1v) is 10.5. The van der Waals surface area contributed by atoms with Crippen LogP contribution in [0.4, 0.5) is 26.4 Å². The minimum atomic E-state index is -0.502. The first kappa shape index (κ1) is 19.6. The van der Waals surface area contributed by atoms with Gasteiger partial charge in [-0.25, -0.2) is 14.2 Å². The number of fused-ring (bicyclic) bond motifs is 1. The fourth-order valence-corrected chi connectivity index (χ4v) is 3.95. The minimum Gasteiger partial charge on any atom is -0.357 e. The number of hydrogen-bond acceptors (Lipinski definition) is 3. The van der Waals surface area contributed by atoms with Crippen LogP contribution in [0, 0.1) is 12.7 Å². The van der Waals surface area contributed by atoms with Crippen molar-refractivity contribution < 1.29 is 9.18 Å². The summed E-state index contributed by atoms with van der Waals surface area (Å²) >= 11 is 3.20. The molecule has 0 radical (unpaired) electrons. The fourth-order valence-electron chi connectivity index (χ4n) is 3.61. The van der Waals surface area contributed by atoms with E-state index in [-0.39, 0.29) is 5.69 Å². The van der Waals surface area contributed by atoms with Crippen LogP contribution in [0.3, 0.4) is 0 Å². The first-order chi connectivity index (χ1) is 14.0. The van der Waals surface area contributed by atoms with Crippen molar-refractivity contribution in [2.45, 2.75) is 26.2 Å². The number of nitrogens with zero attached hydrogens (tertiary/aromatic N) is 2. The van der Waals surface area contributed by atoms with E-state index in [1.54, 1.807) is 6.07 Å². The molecule has 1 aromatic heterocycles. The highest BCUT2D eigenvalue weighted by molar-refractivity contribution is 9.10. The molecule has 2 heterocycles. The van der Waals surface area contributed by atoms with Gasteiger partial charge in [-0.1, -0.05) is 15.9 Å². The lowest BCUT2D eigenvalue weighted by Crippen LogP contribution is -2.30. The summed E-state index contributed by atoms with van der Waals surface area (Å²) in [6.45, 7) is 4.15. The quantitative estimate of drug-likeness (QED) is 0.501. The van der Waals surface area contributed by atoms with Gasteiger partial charge in [0.1, 0.15) is 11.6 Å². The van der Waals surface area contributed by atoms with Crippen molar-refractivity contribution in [3.63, 3.8) is 0 Å². The number of aromatic nitrogens is 1. The monoisotopic (exact) mass is 456 g/mol. The lowest BCUT2D eigenvalue weighted by atomic mass is 10.1. The van der Waals surface area contributed by atoms with Crippen molar-refractivity contribution >= 4 is 50.1 Å². The van der Waals surface area contributed by atoms with Gasteiger partial charge >= 0.3 is 6.03 Å². The molecule has 0 spiro atoms. The minimum absolute atomic E-state index is 0.121. The first-order valence-electron chi connectivity index (χ1n) is 9.69. The van der Waals surface area contributed by atoms with Crippen LogP contribution in [0.5, 0.6) is 0 Å². The second-order valence-electron chi connectivity index (χ2n) is 7.28. The van der Waals surface area contributed by atoms with Gasteiger partial charge in [-0.05, 0) is 74.2 Å². The van der Waals surface area contributed by atoms with Crippen molar-refractivity contribution in [3.05, 3.63) is 58.3 Å². The number of carbonyl (C=O) groups excluding carboxylic acids is 1. The summed E-state index contributed by atoms with van der Waals surface area (Å²) in [4.78, 5) is 19.4. The van der Waals surface area contributed by atoms with Crippen LogP contribution in [0.25, 0.3) is 10.9 Å². The number of benzene rings is 2. The van der Waals surface area contributed by atoms with E-state index in [0.29, 0.717) is 10.2 Å². The number of hydrogen-bond donors (Lipinski definition) is 2. The van der Waals surface area contributed by atoms with Gasteiger partial charge in [-0.15, -0.1) is 0 Å². The Bertz CT molecular complexity index is 1070. The molecule has 0 atom stereocenters. The van der Waals surface area contributed by atoms with Gasteiger partial charge in [-0.2, -0.15) is 0 Å². The molecule has 2 aromatic carbocycles. The van der Waals surface area contributed by atoms with E-state index < -0.39 is 11.8 Å². The number of carbonyl (C=O) groups is 1. The largest absolute Gasteiger partial charge is 0.357 e. The molecular weight excluding hydrogens is 435 g/mol. The van der Waals surface area contributed by atoms with Crippen molar-refractivity contribution in [1.82, 2.24) is 4.98 Å². The Morgan fingerprint density at radius 1 is 1.07 bits per heavy atom. The molecule has 1 aliphatic heterocycles. The SMILES string of the molecule is Cc1cc(N2CCCCC2)nc2ccc(NC(=O)Nc3ccc(Br)cc3F)cc12. The van der Waals surface area contributed by atoms with E-state index in [1.807, 2.05) is 18.2 Å². The van der Waals surface area contributed by atoms with E-state index in [1.165, 1.54) is 31.4 Å². The van der Waals surface area contributed by atoms with Gasteiger partial charge < -0.3 is 15.5 Å². The molecule has 0 aliphatic carbocycles. The van der Waals surface area contributed by atoms with Crippen LogP contribution >= 0.6 is 15.9 Å². The average Bonchev–Trinajstić information content (AvgIpc) is 2.71. The van der Waals surface area contributed by atoms with Gasteiger partial charge in [0.25, 0.3) is 0 Å². The van der Waals surface area contributed by atoms with Gasteiger partial charge in [0.15, 0.2) is 0 Å². The van der Waals surface area contributed by atoms with Crippen LogP contribution in [0.1, 0.15) is 24.8 Å². The smallest absolute Gasteiger partial charge is 0.323 e.